The maximum absolute atomic E-state index is 6.88. The van der Waals surface area contributed by atoms with Crippen molar-refractivity contribution in [1.82, 2.24) is 0 Å². The molecule has 0 amide bonds. The molecule has 9 aromatic rings. The number of para-hydroxylation sites is 3. The fourth-order valence-electron chi connectivity index (χ4n) is 11.5. The Balaban J connectivity index is 1.10. The lowest BCUT2D eigenvalue weighted by Crippen LogP contribution is -2.47. The van der Waals surface area contributed by atoms with E-state index in [2.05, 4.69) is 215 Å². The molecular weight excluding hydrogens is 751 g/mol. The van der Waals surface area contributed by atoms with Crippen LogP contribution in [0.25, 0.3) is 33.1 Å². The summed E-state index contributed by atoms with van der Waals surface area (Å²) >= 11 is 0. The number of fused-ring (bicyclic) bond motifs is 8. The number of benzene rings is 8. The van der Waals surface area contributed by atoms with E-state index in [9.17, 15) is 0 Å². The van der Waals surface area contributed by atoms with Gasteiger partial charge in [-0.3, -0.25) is 0 Å². The van der Waals surface area contributed by atoms with Gasteiger partial charge in [0, 0.05) is 33.4 Å². The zero-order chi connectivity index (χ0) is 42.0. The van der Waals surface area contributed by atoms with Crippen LogP contribution in [-0.4, -0.2) is 7.28 Å². The molecule has 62 heavy (non-hydrogen) atoms. The summed E-state index contributed by atoms with van der Waals surface area (Å²) in [6, 6.07) is 63.3. The Hall–Kier alpha value is -6.78. The highest BCUT2D eigenvalue weighted by molar-refractivity contribution is 6.73. The number of rotatable bonds is 5. The van der Waals surface area contributed by atoms with Crippen LogP contribution in [0.15, 0.2) is 174 Å². The average Bonchev–Trinajstić information content (AvgIpc) is 3.68. The Morgan fingerprint density at radius 1 is 0.548 bits per heavy atom. The zero-order valence-corrected chi connectivity index (χ0v) is 36.1. The molecule has 1 N–H and O–H groups in total. The molecular formula is C58H49BN2O. The molecule has 0 spiro atoms. The third-order valence-electron chi connectivity index (χ3n) is 14.6. The van der Waals surface area contributed by atoms with Gasteiger partial charge in [-0.2, -0.15) is 0 Å². The number of aryl methyl sites for hydroxylation is 1. The molecule has 0 bridgehead atoms. The van der Waals surface area contributed by atoms with E-state index < -0.39 is 5.41 Å². The standard InChI is InChI=1S/C58H49BN2O/c1-36-33-43(41-28-29-42-40-21-12-15-26-51(40)62-55(42)53(41)60-39-27-30-44-47(35-39)57(4,5)32-31-56(44,2)3)52-50(34-36)61-49-25-14-13-22-45(49)58(37-17-8-6-9-18-37,38-19-10-7-11-20-38)46-23-16-24-48(59-52)54(46)61/h6-30,33-35,59-60H,31-32H2,1-5H3. The molecule has 8 aromatic carbocycles. The fourth-order valence-corrected chi connectivity index (χ4v) is 11.5. The molecule has 3 nitrogen and oxygen atoms in total. The smallest absolute Gasteiger partial charge is 0.198 e. The van der Waals surface area contributed by atoms with Crippen LogP contribution in [0.5, 0.6) is 0 Å². The van der Waals surface area contributed by atoms with Gasteiger partial charge in [-0.25, -0.2) is 0 Å². The topological polar surface area (TPSA) is 28.4 Å². The molecule has 4 heteroatoms. The first-order valence-corrected chi connectivity index (χ1v) is 22.3. The highest BCUT2D eigenvalue weighted by Crippen LogP contribution is 2.58. The molecule has 0 saturated carbocycles. The van der Waals surface area contributed by atoms with Crippen molar-refractivity contribution in [2.24, 2.45) is 0 Å². The third-order valence-corrected chi connectivity index (χ3v) is 14.6. The average molecular weight is 801 g/mol. The van der Waals surface area contributed by atoms with Gasteiger partial charge in [-0.15, -0.1) is 0 Å². The quantitative estimate of drug-likeness (QED) is 0.176. The minimum Gasteiger partial charge on any atom is -0.454 e. The van der Waals surface area contributed by atoms with Gasteiger partial charge in [-0.05, 0) is 117 Å². The van der Waals surface area contributed by atoms with Gasteiger partial charge in [0.2, 0.25) is 0 Å². The van der Waals surface area contributed by atoms with Gasteiger partial charge in [-0.1, -0.05) is 167 Å². The summed E-state index contributed by atoms with van der Waals surface area (Å²) in [5.74, 6) is 0. The summed E-state index contributed by atoms with van der Waals surface area (Å²) in [5, 5.41) is 6.28. The van der Waals surface area contributed by atoms with E-state index >= 15 is 0 Å². The zero-order valence-electron chi connectivity index (χ0n) is 36.1. The molecule has 0 radical (unpaired) electrons. The van der Waals surface area contributed by atoms with Crippen molar-refractivity contribution in [2.75, 3.05) is 10.2 Å². The lowest BCUT2D eigenvalue weighted by molar-refractivity contribution is 0.332. The van der Waals surface area contributed by atoms with Crippen LogP contribution in [0.2, 0.25) is 0 Å². The second-order valence-electron chi connectivity index (χ2n) is 19.3. The second-order valence-corrected chi connectivity index (χ2v) is 19.3. The summed E-state index contributed by atoms with van der Waals surface area (Å²) < 4.78 is 6.88. The molecule has 0 fully saturated rings. The first-order chi connectivity index (χ1) is 30.1. The number of hydrogen-bond acceptors (Lipinski definition) is 3. The number of anilines is 5. The monoisotopic (exact) mass is 800 g/mol. The van der Waals surface area contributed by atoms with E-state index in [1.807, 2.05) is 0 Å². The maximum atomic E-state index is 6.88. The first-order valence-electron chi connectivity index (χ1n) is 22.3. The molecule has 12 rings (SSSR count). The maximum Gasteiger partial charge on any atom is 0.198 e. The lowest BCUT2D eigenvalue weighted by Gasteiger charge is -2.49. The number of nitrogens with zero attached hydrogens (tertiary/aromatic N) is 1. The molecule has 0 atom stereocenters. The Morgan fingerprint density at radius 2 is 1.23 bits per heavy atom. The predicted octanol–water partition coefficient (Wildman–Crippen LogP) is 13.5. The summed E-state index contributed by atoms with van der Waals surface area (Å²) in [6.45, 7) is 11.8. The van der Waals surface area contributed by atoms with Crippen LogP contribution in [0.1, 0.15) is 79.5 Å². The highest BCUT2D eigenvalue weighted by Gasteiger charge is 2.48. The summed E-state index contributed by atoms with van der Waals surface area (Å²) in [5.41, 5.74) is 21.6. The predicted molar refractivity (Wildman–Crippen MR) is 262 cm³/mol. The van der Waals surface area contributed by atoms with E-state index in [-0.39, 0.29) is 10.8 Å². The van der Waals surface area contributed by atoms with Crippen molar-refractivity contribution >= 4 is 68.6 Å². The van der Waals surface area contributed by atoms with Gasteiger partial charge < -0.3 is 14.6 Å². The van der Waals surface area contributed by atoms with Crippen molar-refractivity contribution in [1.29, 1.82) is 0 Å². The van der Waals surface area contributed by atoms with Crippen LogP contribution in [0.4, 0.5) is 28.4 Å². The van der Waals surface area contributed by atoms with E-state index in [0.717, 1.165) is 52.6 Å². The molecule has 0 saturated heterocycles. The van der Waals surface area contributed by atoms with E-state index in [1.165, 1.54) is 78.9 Å². The summed E-state index contributed by atoms with van der Waals surface area (Å²) in [4.78, 5) is 2.58. The van der Waals surface area contributed by atoms with Crippen molar-refractivity contribution in [2.45, 2.75) is 63.7 Å². The van der Waals surface area contributed by atoms with Crippen molar-refractivity contribution in [3.8, 4) is 11.1 Å². The molecule has 2 aliphatic heterocycles. The second kappa shape index (κ2) is 13.4. The Labute approximate surface area is 365 Å². The van der Waals surface area contributed by atoms with Gasteiger partial charge in [0.1, 0.15) is 5.58 Å². The van der Waals surface area contributed by atoms with Crippen LogP contribution in [0, 0.1) is 6.92 Å². The van der Waals surface area contributed by atoms with Crippen LogP contribution >= 0.6 is 0 Å². The number of nitrogens with one attached hydrogen (secondary N) is 1. The Kier molecular flexibility index (Phi) is 7.98. The summed E-state index contributed by atoms with van der Waals surface area (Å²) in [6.07, 6.45) is 2.35. The van der Waals surface area contributed by atoms with E-state index in [4.69, 9.17) is 4.42 Å². The minimum atomic E-state index is -0.507. The van der Waals surface area contributed by atoms with Gasteiger partial charge in [0.25, 0.3) is 0 Å². The number of hydrogen-bond donors (Lipinski definition) is 1. The molecule has 0 unspecified atom stereocenters. The molecule has 1 aliphatic carbocycles. The highest BCUT2D eigenvalue weighted by atomic mass is 16.3. The Morgan fingerprint density at radius 3 is 2.00 bits per heavy atom. The van der Waals surface area contributed by atoms with E-state index in [0.29, 0.717) is 0 Å². The van der Waals surface area contributed by atoms with Crippen LogP contribution in [0.3, 0.4) is 0 Å². The van der Waals surface area contributed by atoms with E-state index in [1.54, 1.807) is 0 Å². The third kappa shape index (κ3) is 5.25. The van der Waals surface area contributed by atoms with Crippen molar-refractivity contribution in [3.05, 3.63) is 209 Å². The first kappa shape index (κ1) is 37.0. The van der Waals surface area contributed by atoms with Gasteiger partial charge >= 0.3 is 0 Å². The largest absolute Gasteiger partial charge is 0.454 e. The summed E-state index contributed by atoms with van der Waals surface area (Å²) in [7, 11) is 0.798. The Bertz CT molecular complexity index is 3230. The van der Waals surface area contributed by atoms with Crippen LogP contribution < -0.4 is 21.1 Å². The normalized spacial score (nSPS) is 16.2. The van der Waals surface area contributed by atoms with Crippen molar-refractivity contribution < 1.29 is 4.42 Å². The molecule has 3 heterocycles. The molecule has 300 valence electrons. The van der Waals surface area contributed by atoms with Gasteiger partial charge in [0.05, 0.1) is 16.8 Å². The molecule has 3 aliphatic rings. The van der Waals surface area contributed by atoms with Gasteiger partial charge in [0.15, 0.2) is 12.9 Å². The lowest BCUT2D eigenvalue weighted by atomic mass is 9.54. The minimum absolute atomic E-state index is 0.0853. The fraction of sp³-hybridized carbons (Fsp3) is 0.172. The number of furan rings is 1. The van der Waals surface area contributed by atoms with Crippen LogP contribution in [-0.2, 0) is 16.2 Å². The molecule has 1 aromatic heterocycles. The SMILES string of the molecule is Cc1cc(-c2ccc3c(oc4ccccc43)c2Nc2ccc3c(c2)C(C)(C)CCC3(C)C)c2c(c1)N1c3ccccc3C(c3ccccc3)(c3ccccc3)c3cccc(c31)B2. The van der Waals surface area contributed by atoms with Crippen molar-refractivity contribution in [3.63, 3.8) is 0 Å².